The monoisotopic (exact) mass is 520 g/mol. The fraction of sp³-hybridized carbons (Fsp3) is 0.650. The molecule has 158 valence electrons. The van der Waals surface area contributed by atoms with E-state index >= 15 is 0 Å². The Labute approximate surface area is 186 Å². The Kier molecular flexibility index (Phi) is 9.49. The van der Waals surface area contributed by atoms with Crippen LogP contribution in [0.15, 0.2) is 35.3 Å². The van der Waals surface area contributed by atoms with Crippen LogP contribution in [0.1, 0.15) is 31.7 Å². The maximum absolute atomic E-state index is 11.6. The third kappa shape index (κ3) is 7.51. The molecule has 6 nitrogen and oxygen atoms in total. The molecule has 2 N–H and O–H groups in total. The molecule has 1 atom stereocenters. The van der Waals surface area contributed by atoms with E-state index in [4.69, 9.17) is 0 Å². The van der Waals surface area contributed by atoms with Gasteiger partial charge in [0.15, 0.2) is 15.8 Å². The van der Waals surface area contributed by atoms with E-state index in [-0.39, 0.29) is 35.6 Å². The van der Waals surface area contributed by atoms with Crippen molar-refractivity contribution in [1.29, 1.82) is 0 Å². The van der Waals surface area contributed by atoms with Crippen molar-refractivity contribution in [3.05, 3.63) is 35.9 Å². The van der Waals surface area contributed by atoms with Gasteiger partial charge in [0.1, 0.15) is 0 Å². The Morgan fingerprint density at radius 3 is 2.50 bits per heavy atom. The van der Waals surface area contributed by atoms with Crippen molar-refractivity contribution in [2.24, 2.45) is 10.9 Å². The Morgan fingerprint density at radius 1 is 1.18 bits per heavy atom. The highest BCUT2D eigenvalue weighted by atomic mass is 127. The van der Waals surface area contributed by atoms with E-state index in [2.05, 4.69) is 57.8 Å². The normalized spacial score (nSPS) is 23.2. The summed E-state index contributed by atoms with van der Waals surface area (Å²) in [6.07, 6.45) is 2.92. The molecule has 3 rings (SSSR count). The van der Waals surface area contributed by atoms with E-state index in [0.717, 1.165) is 51.4 Å². The SMILES string of the molecule is CCNC(=NCC1CCS(=O)(=O)C1)NC1CCN(Cc2ccccc2)CC1.I. The van der Waals surface area contributed by atoms with Gasteiger partial charge in [-0.1, -0.05) is 30.3 Å². The Hall–Kier alpha value is -0.870. The molecule has 0 radical (unpaired) electrons. The molecule has 0 spiro atoms. The number of sulfone groups is 1. The number of piperidine rings is 1. The number of nitrogens with zero attached hydrogens (tertiary/aromatic N) is 2. The molecule has 1 unspecified atom stereocenters. The molecule has 2 fully saturated rings. The van der Waals surface area contributed by atoms with Crippen LogP contribution >= 0.6 is 24.0 Å². The second-order valence-electron chi connectivity index (χ2n) is 7.67. The summed E-state index contributed by atoms with van der Waals surface area (Å²) in [5.74, 6) is 1.59. The zero-order valence-electron chi connectivity index (χ0n) is 16.6. The highest BCUT2D eigenvalue weighted by molar-refractivity contribution is 14.0. The first-order valence-electron chi connectivity index (χ1n) is 10.1. The molecule has 2 saturated heterocycles. The fourth-order valence-electron chi connectivity index (χ4n) is 3.83. The molecule has 28 heavy (non-hydrogen) atoms. The zero-order chi connectivity index (χ0) is 19.1. The summed E-state index contributed by atoms with van der Waals surface area (Å²) >= 11 is 0. The lowest BCUT2D eigenvalue weighted by molar-refractivity contribution is 0.198. The smallest absolute Gasteiger partial charge is 0.191 e. The lowest BCUT2D eigenvalue weighted by Gasteiger charge is -2.33. The van der Waals surface area contributed by atoms with Crippen molar-refractivity contribution >= 4 is 39.8 Å². The molecule has 2 aliphatic heterocycles. The topological polar surface area (TPSA) is 73.8 Å². The summed E-state index contributed by atoms with van der Waals surface area (Å²) in [5, 5.41) is 6.85. The van der Waals surface area contributed by atoms with Gasteiger partial charge in [0.2, 0.25) is 0 Å². The third-order valence-electron chi connectivity index (χ3n) is 5.36. The molecule has 2 heterocycles. The maximum atomic E-state index is 11.6. The standard InChI is InChI=1S/C20H32N4O2S.HI/c1-2-21-20(22-14-18-10-13-27(25,26)16-18)23-19-8-11-24(12-9-19)15-17-6-4-3-5-7-17;/h3-7,18-19H,2,8-16H2,1H3,(H2,21,22,23);1H. The van der Waals surface area contributed by atoms with E-state index < -0.39 is 9.84 Å². The zero-order valence-corrected chi connectivity index (χ0v) is 19.8. The molecule has 0 amide bonds. The number of hydrogen-bond acceptors (Lipinski definition) is 4. The lowest BCUT2D eigenvalue weighted by Crippen LogP contribution is -2.48. The molecular formula is C20H33IN4O2S. The quantitative estimate of drug-likeness (QED) is 0.342. The fourth-order valence-corrected chi connectivity index (χ4v) is 5.68. The molecular weight excluding hydrogens is 487 g/mol. The van der Waals surface area contributed by atoms with E-state index in [1.807, 2.05) is 0 Å². The van der Waals surface area contributed by atoms with Crippen molar-refractivity contribution in [2.75, 3.05) is 37.7 Å². The first kappa shape index (κ1) is 23.4. The second kappa shape index (κ2) is 11.3. The number of nitrogens with one attached hydrogen (secondary N) is 2. The summed E-state index contributed by atoms with van der Waals surface area (Å²) in [6, 6.07) is 11.0. The van der Waals surface area contributed by atoms with E-state index in [0.29, 0.717) is 18.3 Å². The highest BCUT2D eigenvalue weighted by Gasteiger charge is 2.27. The number of halogens is 1. The number of likely N-dealkylation sites (tertiary alicyclic amines) is 1. The second-order valence-corrected chi connectivity index (χ2v) is 9.90. The summed E-state index contributed by atoms with van der Waals surface area (Å²) < 4.78 is 23.2. The average molecular weight is 520 g/mol. The van der Waals surface area contributed by atoms with Crippen LogP contribution in [0.5, 0.6) is 0 Å². The highest BCUT2D eigenvalue weighted by Crippen LogP contribution is 2.18. The minimum atomic E-state index is -2.83. The number of aliphatic imine (C=N–C) groups is 1. The van der Waals surface area contributed by atoms with Gasteiger partial charge in [0.05, 0.1) is 11.5 Å². The van der Waals surface area contributed by atoms with Crippen LogP contribution in [-0.2, 0) is 16.4 Å². The molecule has 0 bridgehead atoms. The lowest BCUT2D eigenvalue weighted by atomic mass is 10.0. The molecule has 0 saturated carbocycles. The van der Waals surface area contributed by atoms with Crippen molar-refractivity contribution in [2.45, 2.75) is 38.8 Å². The van der Waals surface area contributed by atoms with Crippen molar-refractivity contribution in [3.63, 3.8) is 0 Å². The number of benzene rings is 1. The number of rotatable bonds is 6. The number of guanidine groups is 1. The van der Waals surface area contributed by atoms with Gasteiger partial charge in [-0.25, -0.2) is 8.42 Å². The first-order chi connectivity index (χ1) is 13.0. The van der Waals surface area contributed by atoms with Crippen LogP contribution in [0.4, 0.5) is 0 Å². The van der Waals surface area contributed by atoms with Gasteiger partial charge in [-0.3, -0.25) is 9.89 Å². The molecule has 1 aromatic carbocycles. The van der Waals surface area contributed by atoms with Gasteiger partial charge in [0, 0.05) is 38.8 Å². The molecule has 1 aromatic rings. The van der Waals surface area contributed by atoms with Crippen LogP contribution in [0.3, 0.4) is 0 Å². The summed E-state index contributed by atoms with van der Waals surface area (Å²) in [6.45, 7) is 6.61. The summed E-state index contributed by atoms with van der Waals surface area (Å²) in [5.41, 5.74) is 1.37. The van der Waals surface area contributed by atoms with Gasteiger partial charge in [-0.05, 0) is 37.7 Å². The van der Waals surface area contributed by atoms with Crippen LogP contribution in [0, 0.1) is 5.92 Å². The Balaban J connectivity index is 0.00000280. The maximum Gasteiger partial charge on any atom is 0.191 e. The van der Waals surface area contributed by atoms with Crippen LogP contribution in [0.2, 0.25) is 0 Å². The van der Waals surface area contributed by atoms with Gasteiger partial charge >= 0.3 is 0 Å². The minimum Gasteiger partial charge on any atom is -0.357 e. The summed E-state index contributed by atoms with van der Waals surface area (Å²) in [7, 11) is -2.83. The largest absolute Gasteiger partial charge is 0.357 e. The predicted molar refractivity (Wildman–Crippen MR) is 126 cm³/mol. The third-order valence-corrected chi connectivity index (χ3v) is 7.19. The Bertz CT molecular complexity index is 719. The van der Waals surface area contributed by atoms with Crippen molar-refractivity contribution in [3.8, 4) is 0 Å². The van der Waals surface area contributed by atoms with Crippen LogP contribution in [0.25, 0.3) is 0 Å². The van der Waals surface area contributed by atoms with Crippen LogP contribution < -0.4 is 10.6 Å². The summed E-state index contributed by atoms with van der Waals surface area (Å²) in [4.78, 5) is 7.16. The molecule has 2 aliphatic rings. The molecule has 0 aliphatic carbocycles. The predicted octanol–water partition coefficient (Wildman–Crippen LogP) is 2.26. The van der Waals surface area contributed by atoms with E-state index in [1.54, 1.807) is 0 Å². The molecule has 8 heteroatoms. The van der Waals surface area contributed by atoms with Crippen molar-refractivity contribution in [1.82, 2.24) is 15.5 Å². The Morgan fingerprint density at radius 2 is 1.89 bits per heavy atom. The van der Waals surface area contributed by atoms with Gasteiger partial charge in [-0.2, -0.15) is 0 Å². The molecule has 0 aromatic heterocycles. The van der Waals surface area contributed by atoms with Gasteiger partial charge in [0.25, 0.3) is 0 Å². The van der Waals surface area contributed by atoms with E-state index in [1.165, 1.54) is 5.56 Å². The van der Waals surface area contributed by atoms with Gasteiger partial charge in [-0.15, -0.1) is 24.0 Å². The van der Waals surface area contributed by atoms with Crippen molar-refractivity contribution < 1.29 is 8.42 Å². The number of hydrogen-bond donors (Lipinski definition) is 2. The van der Waals surface area contributed by atoms with Crippen LogP contribution in [-0.4, -0.2) is 63.0 Å². The van der Waals surface area contributed by atoms with Gasteiger partial charge < -0.3 is 10.6 Å². The minimum absolute atomic E-state index is 0. The first-order valence-corrected chi connectivity index (χ1v) is 11.9. The van der Waals surface area contributed by atoms with E-state index in [9.17, 15) is 8.42 Å². The average Bonchev–Trinajstić information content (AvgIpc) is 3.01.